The van der Waals surface area contributed by atoms with E-state index in [1.807, 2.05) is 24.3 Å². The minimum absolute atomic E-state index is 0.190. The lowest BCUT2D eigenvalue weighted by atomic mass is 9.95. The van der Waals surface area contributed by atoms with Gasteiger partial charge in [0.2, 0.25) is 5.91 Å². The van der Waals surface area contributed by atoms with Gasteiger partial charge in [-0.1, -0.05) is 12.1 Å². The molecule has 2 aromatic rings. The Morgan fingerprint density at radius 2 is 1.92 bits per heavy atom. The van der Waals surface area contributed by atoms with Crippen LogP contribution >= 0.6 is 0 Å². The lowest BCUT2D eigenvalue weighted by molar-refractivity contribution is -0.120. The molecule has 8 heteroatoms. The summed E-state index contributed by atoms with van der Waals surface area (Å²) in [6.45, 7) is 0. The molecule has 3 rings (SSSR count). The van der Waals surface area contributed by atoms with E-state index in [1.165, 1.54) is 24.3 Å². The number of hydrogen-bond donors (Lipinski definition) is 5. The van der Waals surface area contributed by atoms with Crippen molar-refractivity contribution in [3.05, 3.63) is 59.9 Å². The smallest absolute Gasteiger partial charge is 0.230 e. The van der Waals surface area contributed by atoms with Gasteiger partial charge >= 0.3 is 0 Å². The Bertz CT molecular complexity index is 719. The molecular weight excluding hydrogens is 325 g/mol. The molecule has 7 nitrogen and oxygen atoms in total. The topological polar surface area (TPSA) is 86.5 Å². The van der Waals surface area contributed by atoms with Crippen LogP contribution in [0.25, 0.3) is 0 Å². The number of nitrogens with one attached hydrogen (secondary N) is 5. The van der Waals surface area contributed by atoms with Gasteiger partial charge in [-0.05, 0) is 48.4 Å². The molecule has 1 heterocycles. The van der Waals surface area contributed by atoms with E-state index in [2.05, 4.69) is 27.2 Å². The van der Waals surface area contributed by atoms with E-state index in [0.29, 0.717) is 12.1 Å². The van der Waals surface area contributed by atoms with E-state index in [-0.39, 0.29) is 17.9 Å². The second-order valence-electron chi connectivity index (χ2n) is 5.67. The van der Waals surface area contributed by atoms with Crippen molar-refractivity contribution >= 4 is 11.6 Å². The normalized spacial score (nSPS) is 15.8. The number of methoxy groups -OCH3 is 1. The molecule has 0 aliphatic carbocycles. The van der Waals surface area contributed by atoms with Crippen molar-refractivity contribution in [2.45, 2.75) is 12.6 Å². The van der Waals surface area contributed by atoms with Gasteiger partial charge in [0.05, 0.1) is 19.2 Å². The molecule has 1 amide bonds. The average molecular weight is 345 g/mol. The number of hydrogen-bond acceptors (Lipinski definition) is 6. The molecule has 1 fully saturated rings. The summed E-state index contributed by atoms with van der Waals surface area (Å²) >= 11 is 0. The summed E-state index contributed by atoms with van der Waals surface area (Å²) in [5.41, 5.74) is 12.9. The summed E-state index contributed by atoms with van der Waals surface area (Å²) in [6.07, 6.45) is 0.157. The standard InChI is InChI=1S/C17H20FN5O2/c1-25-14-4-2-3-11(9-14)10-15(16-20-22-23-21-16)17(24)19-13-7-5-12(18)6-8-13/h2-9,15-16,20-23H,10H2,1H3,(H,19,24). The molecular formula is C17H20FN5O2. The Morgan fingerprint density at radius 3 is 2.60 bits per heavy atom. The summed E-state index contributed by atoms with van der Waals surface area (Å²) in [6, 6.07) is 13.2. The highest BCUT2D eigenvalue weighted by Crippen LogP contribution is 2.19. The number of amides is 1. The number of ether oxygens (including phenoxy) is 1. The molecule has 1 aliphatic rings. The van der Waals surface area contributed by atoms with E-state index in [1.54, 1.807) is 7.11 Å². The number of carbonyl (C=O) groups excluding carboxylic acids is 1. The zero-order valence-corrected chi connectivity index (χ0v) is 13.7. The van der Waals surface area contributed by atoms with Gasteiger partial charge in [0.15, 0.2) is 0 Å². The molecule has 1 unspecified atom stereocenters. The highest BCUT2D eigenvalue weighted by atomic mass is 19.1. The van der Waals surface area contributed by atoms with E-state index < -0.39 is 5.92 Å². The SMILES string of the molecule is COc1cccc(CC(C(=O)Nc2ccc(F)cc2)C2NNNN2)c1. The van der Waals surface area contributed by atoms with Crippen LogP contribution in [0.2, 0.25) is 0 Å². The number of carbonyl (C=O) groups is 1. The number of halogens is 1. The molecule has 5 N–H and O–H groups in total. The largest absolute Gasteiger partial charge is 0.497 e. The third-order valence-electron chi connectivity index (χ3n) is 3.96. The minimum atomic E-state index is -0.431. The van der Waals surface area contributed by atoms with Gasteiger partial charge in [0, 0.05) is 5.69 Å². The quantitative estimate of drug-likeness (QED) is 0.539. The molecule has 0 spiro atoms. The summed E-state index contributed by atoms with van der Waals surface area (Å²) < 4.78 is 18.3. The van der Waals surface area contributed by atoms with Gasteiger partial charge < -0.3 is 10.1 Å². The number of benzene rings is 2. The average Bonchev–Trinajstić information content (AvgIpc) is 3.16. The number of hydrazine groups is 3. The first kappa shape index (κ1) is 17.3. The third kappa shape index (κ3) is 4.52. The van der Waals surface area contributed by atoms with Gasteiger partial charge in [-0.3, -0.25) is 4.79 Å². The molecule has 1 aliphatic heterocycles. The van der Waals surface area contributed by atoms with Crippen molar-refractivity contribution in [2.75, 3.05) is 12.4 Å². The van der Waals surface area contributed by atoms with Crippen LogP contribution in [0, 0.1) is 11.7 Å². The summed E-state index contributed by atoms with van der Waals surface area (Å²) in [7, 11) is 1.60. The maximum Gasteiger partial charge on any atom is 0.230 e. The van der Waals surface area contributed by atoms with Crippen LogP contribution in [0.1, 0.15) is 5.56 Å². The van der Waals surface area contributed by atoms with Crippen LogP contribution < -0.4 is 32.0 Å². The fraction of sp³-hybridized carbons (Fsp3) is 0.235. The van der Waals surface area contributed by atoms with Crippen LogP contribution in [-0.2, 0) is 11.2 Å². The second-order valence-corrected chi connectivity index (χ2v) is 5.67. The number of anilines is 1. The highest BCUT2D eigenvalue weighted by molar-refractivity contribution is 5.93. The Kier molecular flexibility index (Phi) is 5.56. The Balaban J connectivity index is 1.76. The zero-order valence-electron chi connectivity index (χ0n) is 13.7. The molecule has 2 aromatic carbocycles. The summed E-state index contributed by atoms with van der Waals surface area (Å²) in [5, 5.41) is 2.82. The fourth-order valence-electron chi connectivity index (χ4n) is 2.65. The van der Waals surface area contributed by atoms with Crippen molar-refractivity contribution < 1.29 is 13.9 Å². The van der Waals surface area contributed by atoms with Crippen molar-refractivity contribution in [3.8, 4) is 5.75 Å². The van der Waals surface area contributed by atoms with Crippen LogP contribution in [-0.4, -0.2) is 19.2 Å². The van der Waals surface area contributed by atoms with Gasteiger partial charge in [-0.25, -0.2) is 15.2 Å². The van der Waals surface area contributed by atoms with Gasteiger partial charge in [-0.15, -0.1) is 0 Å². The molecule has 132 valence electrons. The van der Waals surface area contributed by atoms with Crippen LogP contribution in [0.4, 0.5) is 10.1 Å². The lowest BCUT2D eigenvalue weighted by Crippen LogP contribution is -2.47. The molecule has 0 bridgehead atoms. The van der Waals surface area contributed by atoms with E-state index in [9.17, 15) is 9.18 Å². The van der Waals surface area contributed by atoms with Crippen LogP contribution in [0.15, 0.2) is 48.5 Å². The summed E-state index contributed by atoms with van der Waals surface area (Å²) in [4.78, 5) is 12.8. The molecule has 1 saturated heterocycles. The van der Waals surface area contributed by atoms with Crippen molar-refractivity contribution in [3.63, 3.8) is 0 Å². The Labute approximate surface area is 144 Å². The highest BCUT2D eigenvalue weighted by Gasteiger charge is 2.31. The maximum absolute atomic E-state index is 13.0. The lowest BCUT2D eigenvalue weighted by Gasteiger charge is -2.22. The Hall–Kier alpha value is -2.52. The van der Waals surface area contributed by atoms with Crippen LogP contribution in [0.5, 0.6) is 5.75 Å². The van der Waals surface area contributed by atoms with E-state index in [4.69, 9.17) is 4.74 Å². The maximum atomic E-state index is 13.0. The third-order valence-corrected chi connectivity index (χ3v) is 3.96. The van der Waals surface area contributed by atoms with Gasteiger partial charge in [0.1, 0.15) is 11.6 Å². The van der Waals surface area contributed by atoms with Crippen molar-refractivity contribution in [1.82, 2.24) is 21.9 Å². The van der Waals surface area contributed by atoms with Gasteiger partial charge in [0.25, 0.3) is 0 Å². The zero-order chi connectivity index (χ0) is 17.6. The molecule has 0 radical (unpaired) electrons. The fourth-order valence-corrected chi connectivity index (χ4v) is 2.65. The molecule has 0 aromatic heterocycles. The second kappa shape index (κ2) is 8.04. The minimum Gasteiger partial charge on any atom is -0.497 e. The van der Waals surface area contributed by atoms with Crippen LogP contribution in [0.3, 0.4) is 0 Å². The summed E-state index contributed by atoms with van der Waals surface area (Å²) in [5.74, 6) is -0.234. The Morgan fingerprint density at radius 1 is 1.20 bits per heavy atom. The number of rotatable bonds is 6. The molecule has 1 atom stereocenters. The first-order chi connectivity index (χ1) is 12.2. The van der Waals surface area contributed by atoms with E-state index >= 15 is 0 Å². The first-order valence-electron chi connectivity index (χ1n) is 7.86. The predicted octanol–water partition coefficient (Wildman–Crippen LogP) is 1.07. The first-order valence-corrected chi connectivity index (χ1v) is 7.86. The monoisotopic (exact) mass is 345 g/mol. The molecule has 25 heavy (non-hydrogen) atoms. The molecule has 0 saturated carbocycles. The van der Waals surface area contributed by atoms with Crippen molar-refractivity contribution in [1.29, 1.82) is 0 Å². The predicted molar refractivity (Wildman–Crippen MR) is 91.5 cm³/mol. The van der Waals surface area contributed by atoms with E-state index in [0.717, 1.165) is 11.3 Å². The van der Waals surface area contributed by atoms with Gasteiger partial charge in [-0.2, -0.15) is 11.1 Å². The van der Waals surface area contributed by atoms with Crippen molar-refractivity contribution in [2.24, 2.45) is 5.92 Å².